The molecule has 0 fully saturated rings. The Bertz CT molecular complexity index is 481. The van der Waals surface area contributed by atoms with Gasteiger partial charge in [-0.15, -0.1) is 0 Å². The van der Waals surface area contributed by atoms with Crippen molar-refractivity contribution in [1.82, 2.24) is 0 Å². The zero-order valence-electron chi connectivity index (χ0n) is 13.6. The van der Waals surface area contributed by atoms with Gasteiger partial charge in [-0.2, -0.15) is 0 Å². The second kappa shape index (κ2) is 6.38. The van der Waals surface area contributed by atoms with Crippen molar-refractivity contribution in [3.63, 3.8) is 0 Å². The Morgan fingerprint density at radius 2 is 2.00 bits per heavy atom. The first-order chi connectivity index (χ1) is 9.15. The second-order valence-electron chi connectivity index (χ2n) is 6.49. The molecule has 0 aromatic heterocycles. The van der Waals surface area contributed by atoms with Crippen LogP contribution in [0.3, 0.4) is 0 Å². The predicted molar refractivity (Wildman–Crippen MR) is 84.3 cm³/mol. The molecule has 0 spiro atoms. The van der Waals surface area contributed by atoms with Gasteiger partial charge in [0.25, 0.3) is 0 Å². The summed E-state index contributed by atoms with van der Waals surface area (Å²) in [5, 5.41) is 8.92. The van der Waals surface area contributed by atoms with Gasteiger partial charge in [0.1, 0.15) is 6.04 Å². The number of aliphatic imine (C=N–C) groups is 1. The Balaban J connectivity index is 3.07. The van der Waals surface area contributed by atoms with E-state index in [9.17, 15) is 4.79 Å². The van der Waals surface area contributed by atoms with Crippen molar-refractivity contribution >= 4 is 11.7 Å². The summed E-state index contributed by atoms with van der Waals surface area (Å²) in [6.07, 6.45) is 5.80. The van der Waals surface area contributed by atoms with Crippen molar-refractivity contribution in [3.05, 3.63) is 22.8 Å². The minimum atomic E-state index is -0.884. The minimum Gasteiger partial charge on any atom is -0.480 e. The van der Waals surface area contributed by atoms with E-state index in [-0.39, 0.29) is 5.41 Å². The monoisotopic (exact) mass is 277 g/mol. The molecule has 0 saturated heterocycles. The molecule has 1 atom stereocenters. The standard InChI is InChI=1S/C17H27NO2/c1-11-8-7-9-17(5,6)15(11)10-12(2)13(3)18-14(4)16(19)20/h10,14H,7-9H2,1-6H3,(H,19,20)/b12-10+,18-13+/t14-/m0/s1. The third kappa shape index (κ3) is 4.06. The van der Waals surface area contributed by atoms with Crippen LogP contribution in [0.4, 0.5) is 0 Å². The van der Waals surface area contributed by atoms with E-state index in [1.807, 2.05) is 13.8 Å². The van der Waals surface area contributed by atoms with E-state index >= 15 is 0 Å². The van der Waals surface area contributed by atoms with Gasteiger partial charge in [0.05, 0.1) is 0 Å². The van der Waals surface area contributed by atoms with Crippen molar-refractivity contribution in [1.29, 1.82) is 0 Å². The van der Waals surface area contributed by atoms with Crippen LogP contribution in [0, 0.1) is 5.41 Å². The van der Waals surface area contributed by atoms with E-state index < -0.39 is 12.0 Å². The van der Waals surface area contributed by atoms with Crippen LogP contribution in [0.5, 0.6) is 0 Å². The first-order valence-electron chi connectivity index (χ1n) is 7.31. The van der Waals surface area contributed by atoms with E-state index in [1.54, 1.807) is 6.92 Å². The summed E-state index contributed by atoms with van der Waals surface area (Å²) in [6.45, 7) is 12.3. The van der Waals surface area contributed by atoms with Crippen molar-refractivity contribution in [2.45, 2.75) is 66.8 Å². The lowest BCUT2D eigenvalue weighted by Crippen LogP contribution is -2.20. The van der Waals surface area contributed by atoms with Crippen molar-refractivity contribution in [2.75, 3.05) is 0 Å². The molecule has 0 saturated carbocycles. The molecule has 0 heterocycles. The molecule has 112 valence electrons. The van der Waals surface area contributed by atoms with Crippen molar-refractivity contribution in [2.24, 2.45) is 10.4 Å². The molecule has 0 amide bonds. The smallest absolute Gasteiger partial charge is 0.328 e. The third-order valence-corrected chi connectivity index (χ3v) is 4.22. The summed E-state index contributed by atoms with van der Waals surface area (Å²) in [5.74, 6) is -0.884. The van der Waals surface area contributed by atoms with Gasteiger partial charge < -0.3 is 5.11 Å². The first-order valence-corrected chi connectivity index (χ1v) is 7.31. The van der Waals surface area contributed by atoms with Crippen LogP contribution in [0.2, 0.25) is 0 Å². The van der Waals surface area contributed by atoms with Crippen LogP contribution in [0.1, 0.15) is 60.8 Å². The van der Waals surface area contributed by atoms with Crippen LogP contribution >= 0.6 is 0 Å². The highest BCUT2D eigenvalue weighted by molar-refractivity contribution is 5.99. The SMILES string of the molecule is CC1=C(/C=C(C)/C(C)=N/[C@@H](C)C(=O)O)C(C)(C)CCC1. The summed E-state index contributed by atoms with van der Waals surface area (Å²) in [6, 6.07) is -0.687. The van der Waals surface area contributed by atoms with E-state index in [1.165, 1.54) is 24.0 Å². The van der Waals surface area contributed by atoms with Gasteiger partial charge in [-0.1, -0.05) is 25.5 Å². The summed E-state index contributed by atoms with van der Waals surface area (Å²) in [7, 11) is 0. The molecule has 0 radical (unpaired) electrons. The molecule has 0 aromatic rings. The van der Waals surface area contributed by atoms with Crippen molar-refractivity contribution in [3.8, 4) is 0 Å². The maximum atomic E-state index is 10.9. The normalized spacial score (nSPS) is 21.9. The van der Waals surface area contributed by atoms with E-state index in [0.717, 1.165) is 17.7 Å². The van der Waals surface area contributed by atoms with Crippen LogP contribution in [0.25, 0.3) is 0 Å². The Morgan fingerprint density at radius 3 is 2.50 bits per heavy atom. The van der Waals surface area contributed by atoms with Crippen LogP contribution in [-0.4, -0.2) is 22.8 Å². The highest BCUT2D eigenvalue weighted by Crippen LogP contribution is 2.41. The Hall–Kier alpha value is -1.38. The van der Waals surface area contributed by atoms with Crippen LogP contribution in [-0.2, 0) is 4.79 Å². The van der Waals surface area contributed by atoms with Gasteiger partial charge in [0.2, 0.25) is 0 Å². The Kier molecular flexibility index (Phi) is 5.32. The number of nitrogens with zero attached hydrogens (tertiary/aromatic N) is 1. The minimum absolute atomic E-state index is 0.197. The molecule has 3 heteroatoms. The number of allylic oxidation sites excluding steroid dienone is 4. The van der Waals surface area contributed by atoms with Gasteiger partial charge in [-0.25, -0.2) is 4.79 Å². The van der Waals surface area contributed by atoms with E-state index in [0.29, 0.717) is 0 Å². The molecule has 0 unspecified atom stereocenters. The lowest BCUT2D eigenvalue weighted by Gasteiger charge is -2.33. The molecule has 0 bridgehead atoms. The topological polar surface area (TPSA) is 49.7 Å². The maximum absolute atomic E-state index is 10.9. The molecular formula is C17H27NO2. The third-order valence-electron chi connectivity index (χ3n) is 4.22. The fraction of sp³-hybridized carbons (Fsp3) is 0.647. The fourth-order valence-corrected chi connectivity index (χ4v) is 2.73. The first kappa shape index (κ1) is 16.7. The second-order valence-corrected chi connectivity index (χ2v) is 6.49. The molecule has 0 aliphatic heterocycles. The average molecular weight is 277 g/mol. The molecule has 0 aromatic carbocycles. The number of carboxylic acid groups (broad SMARTS) is 1. The van der Waals surface area contributed by atoms with Gasteiger partial charge in [0.15, 0.2) is 0 Å². The molecule has 1 aliphatic carbocycles. The Labute approximate surface area is 122 Å². The molecule has 3 nitrogen and oxygen atoms in total. The summed E-state index contributed by atoms with van der Waals surface area (Å²) in [4.78, 5) is 15.1. The molecule has 20 heavy (non-hydrogen) atoms. The summed E-state index contributed by atoms with van der Waals surface area (Å²) in [5.41, 5.74) is 4.89. The highest BCUT2D eigenvalue weighted by Gasteiger charge is 2.27. The number of hydrogen-bond donors (Lipinski definition) is 1. The zero-order valence-corrected chi connectivity index (χ0v) is 13.6. The van der Waals surface area contributed by atoms with Crippen LogP contribution in [0.15, 0.2) is 27.8 Å². The highest BCUT2D eigenvalue weighted by atomic mass is 16.4. The van der Waals surface area contributed by atoms with Gasteiger partial charge in [-0.05, 0) is 63.5 Å². The van der Waals surface area contributed by atoms with Gasteiger partial charge >= 0.3 is 5.97 Å². The number of rotatable bonds is 4. The van der Waals surface area contributed by atoms with Crippen molar-refractivity contribution < 1.29 is 9.90 Å². The lowest BCUT2D eigenvalue weighted by molar-refractivity contribution is -0.137. The molecule has 1 aliphatic rings. The molecular weight excluding hydrogens is 250 g/mol. The largest absolute Gasteiger partial charge is 0.480 e. The number of aliphatic carboxylic acids is 1. The molecule has 1 rings (SSSR count). The fourth-order valence-electron chi connectivity index (χ4n) is 2.73. The summed E-state index contributed by atoms with van der Waals surface area (Å²) < 4.78 is 0. The van der Waals surface area contributed by atoms with Crippen LogP contribution < -0.4 is 0 Å². The number of carboxylic acids is 1. The van der Waals surface area contributed by atoms with E-state index in [4.69, 9.17) is 5.11 Å². The predicted octanol–water partition coefficient (Wildman–Crippen LogP) is 4.39. The van der Waals surface area contributed by atoms with Gasteiger partial charge in [0, 0.05) is 5.71 Å². The lowest BCUT2D eigenvalue weighted by atomic mass is 9.72. The zero-order chi connectivity index (χ0) is 15.5. The quantitative estimate of drug-likeness (QED) is 0.775. The number of carbonyl (C=O) groups is 1. The van der Waals surface area contributed by atoms with E-state index in [2.05, 4.69) is 31.8 Å². The maximum Gasteiger partial charge on any atom is 0.328 e. The number of hydrogen-bond acceptors (Lipinski definition) is 2. The molecule has 1 N–H and O–H groups in total. The van der Waals surface area contributed by atoms with Gasteiger partial charge in [-0.3, -0.25) is 4.99 Å². The Morgan fingerprint density at radius 1 is 1.40 bits per heavy atom. The summed E-state index contributed by atoms with van der Waals surface area (Å²) >= 11 is 0. The average Bonchev–Trinajstić information content (AvgIpc) is 2.33.